The first-order chi connectivity index (χ1) is 19.2. The third-order valence-electron chi connectivity index (χ3n) is 5.76. The van der Waals surface area contributed by atoms with Gasteiger partial charge in [-0.05, 0) is 83.8 Å². The topological polar surface area (TPSA) is 73.6 Å². The molecule has 0 radical (unpaired) electrons. The first-order valence-corrected chi connectivity index (χ1v) is 12.2. The predicted octanol–water partition coefficient (Wildman–Crippen LogP) is 6.24. The van der Waals surface area contributed by atoms with Gasteiger partial charge >= 0.3 is 12.1 Å². The molecule has 0 bridgehead atoms. The van der Waals surface area contributed by atoms with Crippen LogP contribution in [0.4, 0.5) is 13.2 Å². The third-order valence-corrected chi connectivity index (χ3v) is 5.76. The predicted molar refractivity (Wildman–Crippen MR) is 144 cm³/mol. The van der Waals surface area contributed by atoms with Crippen LogP contribution in [0.25, 0.3) is 5.57 Å². The van der Waals surface area contributed by atoms with Gasteiger partial charge in [0.2, 0.25) is 0 Å². The van der Waals surface area contributed by atoms with Crippen LogP contribution in [0.15, 0.2) is 91.3 Å². The van der Waals surface area contributed by atoms with Crippen LogP contribution in [-0.4, -0.2) is 34.1 Å². The van der Waals surface area contributed by atoms with E-state index in [0.717, 1.165) is 17.7 Å². The summed E-state index contributed by atoms with van der Waals surface area (Å²) in [4.78, 5) is 10.7. The Labute approximate surface area is 229 Å². The van der Waals surface area contributed by atoms with Crippen molar-refractivity contribution < 1.29 is 32.5 Å². The first-order valence-electron chi connectivity index (χ1n) is 12.2. The molecule has 0 atom stereocenters. The Bertz CT molecular complexity index is 1550. The van der Waals surface area contributed by atoms with Crippen molar-refractivity contribution in [2.24, 2.45) is 0 Å². The van der Waals surface area contributed by atoms with Crippen molar-refractivity contribution in [1.82, 2.24) is 9.78 Å². The summed E-state index contributed by atoms with van der Waals surface area (Å²) in [6.45, 7) is 1.81. The number of hydrogen-bond acceptors (Lipinski definition) is 4. The minimum atomic E-state index is -4.48. The van der Waals surface area contributed by atoms with Crippen molar-refractivity contribution in [3.8, 4) is 23.3 Å². The molecule has 1 heterocycles. The maximum atomic E-state index is 13.4. The largest absolute Gasteiger partial charge is 0.489 e. The molecular formula is C31H25F3N2O4. The number of ether oxygens (including phenoxy) is 2. The lowest BCUT2D eigenvalue weighted by atomic mass is 9.95. The second-order valence-electron chi connectivity index (χ2n) is 8.70. The highest BCUT2D eigenvalue weighted by Crippen LogP contribution is 2.33. The smallest absolute Gasteiger partial charge is 0.416 e. The molecule has 0 amide bonds. The van der Waals surface area contributed by atoms with Gasteiger partial charge in [0.15, 0.2) is 6.61 Å². The molecule has 0 spiro atoms. The molecule has 0 fully saturated rings. The number of hydrogen-bond donors (Lipinski definition) is 1. The van der Waals surface area contributed by atoms with Gasteiger partial charge in [-0.3, -0.25) is 4.68 Å². The summed E-state index contributed by atoms with van der Waals surface area (Å²) in [5.41, 5.74) is 2.37. The van der Waals surface area contributed by atoms with E-state index < -0.39 is 24.3 Å². The van der Waals surface area contributed by atoms with E-state index in [1.165, 1.54) is 6.07 Å². The van der Waals surface area contributed by atoms with E-state index in [9.17, 15) is 18.0 Å². The zero-order valence-electron chi connectivity index (χ0n) is 21.5. The van der Waals surface area contributed by atoms with Crippen molar-refractivity contribution in [3.63, 3.8) is 0 Å². The Kier molecular flexibility index (Phi) is 8.92. The number of nitrogens with zero attached hydrogens (tertiary/aromatic N) is 2. The first kappa shape index (κ1) is 28.0. The number of aromatic nitrogens is 2. The molecule has 6 nitrogen and oxygen atoms in total. The lowest BCUT2D eigenvalue weighted by Crippen LogP contribution is -2.10. The van der Waals surface area contributed by atoms with Gasteiger partial charge in [-0.2, -0.15) is 18.3 Å². The number of aliphatic carboxylic acids is 1. The van der Waals surface area contributed by atoms with E-state index in [1.807, 2.05) is 36.5 Å². The van der Waals surface area contributed by atoms with Gasteiger partial charge in [-0.1, -0.05) is 36.1 Å². The van der Waals surface area contributed by atoms with Crippen LogP contribution in [0.5, 0.6) is 11.5 Å². The fourth-order valence-corrected chi connectivity index (χ4v) is 3.85. The van der Waals surface area contributed by atoms with Crippen molar-refractivity contribution in [2.45, 2.75) is 19.6 Å². The maximum absolute atomic E-state index is 13.4. The van der Waals surface area contributed by atoms with E-state index >= 15 is 0 Å². The normalized spacial score (nSPS) is 11.4. The SMILES string of the molecule is Cc1cc(OCC=C(c2ccc(C#CCn3cccn3)cc2)c2cccc(C(F)(F)F)c2)ccc1OCC(=O)O. The van der Waals surface area contributed by atoms with Gasteiger partial charge in [-0.25, -0.2) is 4.79 Å². The molecule has 4 aromatic rings. The van der Waals surface area contributed by atoms with Crippen LogP contribution in [0.2, 0.25) is 0 Å². The van der Waals surface area contributed by atoms with Crippen molar-refractivity contribution in [2.75, 3.05) is 13.2 Å². The molecule has 3 aromatic carbocycles. The molecule has 1 N–H and O–H groups in total. The van der Waals surface area contributed by atoms with E-state index in [0.29, 0.717) is 40.3 Å². The van der Waals surface area contributed by atoms with Crippen LogP contribution in [0.3, 0.4) is 0 Å². The number of halogens is 3. The minimum absolute atomic E-state index is 0.0752. The van der Waals surface area contributed by atoms with Gasteiger partial charge in [0, 0.05) is 18.0 Å². The molecule has 0 unspecified atom stereocenters. The number of alkyl halides is 3. The number of carbonyl (C=O) groups is 1. The highest BCUT2D eigenvalue weighted by Gasteiger charge is 2.30. The molecule has 0 aliphatic carbocycles. The van der Waals surface area contributed by atoms with Gasteiger partial charge in [0.25, 0.3) is 0 Å². The fourth-order valence-electron chi connectivity index (χ4n) is 3.85. The second-order valence-corrected chi connectivity index (χ2v) is 8.70. The number of carboxylic acid groups (broad SMARTS) is 1. The van der Waals surface area contributed by atoms with Gasteiger partial charge in [0.05, 0.1) is 5.56 Å². The average Bonchev–Trinajstić information content (AvgIpc) is 3.44. The van der Waals surface area contributed by atoms with Gasteiger partial charge in [0.1, 0.15) is 24.7 Å². The maximum Gasteiger partial charge on any atom is 0.416 e. The van der Waals surface area contributed by atoms with E-state index in [1.54, 1.807) is 48.1 Å². The molecule has 40 heavy (non-hydrogen) atoms. The standard InChI is InChI=1S/C31H25F3N2O4/c1-22-19-27(12-13-29(22)40-21-30(37)38)39-18-14-28(25-6-2-7-26(20-25)31(32,33)34)24-10-8-23(9-11-24)5-3-16-36-17-4-15-35-36/h2,4,6-15,17,19-20H,16,18,21H2,1H3,(H,37,38). The Hall–Kier alpha value is -4.97. The molecule has 0 saturated heterocycles. The average molecular weight is 547 g/mol. The lowest BCUT2D eigenvalue weighted by Gasteiger charge is -2.13. The molecule has 0 aliphatic rings. The molecule has 0 saturated carbocycles. The molecule has 9 heteroatoms. The van der Waals surface area contributed by atoms with E-state index in [2.05, 4.69) is 16.9 Å². The van der Waals surface area contributed by atoms with Crippen molar-refractivity contribution in [3.05, 3.63) is 119 Å². The minimum Gasteiger partial charge on any atom is -0.489 e. The van der Waals surface area contributed by atoms with Crippen LogP contribution in [-0.2, 0) is 17.5 Å². The zero-order chi connectivity index (χ0) is 28.5. The van der Waals surface area contributed by atoms with Crippen LogP contribution < -0.4 is 9.47 Å². The summed E-state index contributed by atoms with van der Waals surface area (Å²) in [7, 11) is 0. The summed E-state index contributed by atoms with van der Waals surface area (Å²) in [5.74, 6) is 5.94. The Morgan fingerprint density at radius 3 is 2.50 bits per heavy atom. The van der Waals surface area contributed by atoms with Crippen molar-refractivity contribution in [1.29, 1.82) is 0 Å². The Morgan fingerprint density at radius 1 is 1.02 bits per heavy atom. The summed E-state index contributed by atoms with van der Waals surface area (Å²) >= 11 is 0. The molecule has 0 aliphatic heterocycles. The van der Waals surface area contributed by atoms with E-state index in [4.69, 9.17) is 14.6 Å². The monoisotopic (exact) mass is 546 g/mol. The Morgan fingerprint density at radius 2 is 1.82 bits per heavy atom. The lowest BCUT2D eigenvalue weighted by molar-refractivity contribution is -0.139. The summed E-state index contributed by atoms with van der Waals surface area (Å²) in [6, 6.07) is 19.1. The number of carboxylic acids is 1. The molecule has 204 valence electrons. The highest BCUT2D eigenvalue weighted by atomic mass is 19.4. The molecule has 1 aromatic heterocycles. The summed E-state index contributed by atoms with van der Waals surface area (Å²) < 4.78 is 53.1. The van der Waals surface area contributed by atoms with E-state index in [-0.39, 0.29) is 6.61 Å². The highest BCUT2D eigenvalue weighted by molar-refractivity contribution is 5.80. The number of aryl methyl sites for hydroxylation is 1. The third kappa shape index (κ3) is 7.77. The Balaban J connectivity index is 1.56. The number of benzene rings is 3. The fraction of sp³-hybridized carbons (Fsp3) is 0.161. The van der Waals surface area contributed by atoms with Crippen LogP contribution in [0, 0.1) is 18.8 Å². The summed E-state index contributed by atoms with van der Waals surface area (Å²) in [5, 5.41) is 12.9. The number of rotatable bonds is 9. The zero-order valence-corrected chi connectivity index (χ0v) is 21.5. The van der Waals surface area contributed by atoms with Crippen LogP contribution >= 0.6 is 0 Å². The second kappa shape index (κ2) is 12.7. The summed E-state index contributed by atoms with van der Waals surface area (Å²) in [6.07, 6.45) is 0.732. The van der Waals surface area contributed by atoms with Gasteiger partial charge < -0.3 is 14.6 Å². The van der Waals surface area contributed by atoms with Crippen molar-refractivity contribution >= 4 is 11.5 Å². The van der Waals surface area contributed by atoms with Crippen LogP contribution in [0.1, 0.15) is 27.8 Å². The quantitative estimate of drug-likeness (QED) is 0.252. The molecular weight excluding hydrogens is 521 g/mol. The molecule has 4 rings (SSSR count). The van der Waals surface area contributed by atoms with Gasteiger partial charge in [-0.15, -0.1) is 0 Å².